The minimum absolute atomic E-state index is 0.0117. The van der Waals surface area contributed by atoms with Crippen molar-refractivity contribution in [3.8, 4) is 0 Å². The third-order valence-electron chi connectivity index (χ3n) is 8.39. The molecule has 1 aromatic rings. The van der Waals surface area contributed by atoms with Crippen LogP contribution in [0.5, 0.6) is 0 Å². The summed E-state index contributed by atoms with van der Waals surface area (Å²) in [5.41, 5.74) is 1.80. The van der Waals surface area contributed by atoms with Gasteiger partial charge < -0.3 is 24.6 Å². The minimum atomic E-state index is -0.729. The number of benzene rings is 1. The van der Waals surface area contributed by atoms with E-state index in [4.69, 9.17) is 9.47 Å². The highest BCUT2D eigenvalue weighted by Gasteiger charge is 2.53. The first kappa shape index (κ1) is 26.8. The molecule has 8 nitrogen and oxygen atoms in total. The van der Waals surface area contributed by atoms with Gasteiger partial charge in [0.2, 0.25) is 5.91 Å². The van der Waals surface area contributed by atoms with Gasteiger partial charge in [0, 0.05) is 18.7 Å². The molecule has 3 fully saturated rings. The summed E-state index contributed by atoms with van der Waals surface area (Å²) in [5.74, 6) is -0.224. The molecule has 0 unspecified atom stereocenters. The molecule has 3 aliphatic rings. The highest BCUT2D eigenvalue weighted by atomic mass is 16.5. The van der Waals surface area contributed by atoms with Crippen LogP contribution in [0.25, 0.3) is 0 Å². The van der Waals surface area contributed by atoms with E-state index in [1.54, 1.807) is 12.0 Å². The van der Waals surface area contributed by atoms with Gasteiger partial charge in [-0.1, -0.05) is 32.4 Å². The lowest BCUT2D eigenvalue weighted by Gasteiger charge is -2.34. The van der Waals surface area contributed by atoms with Crippen LogP contribution in [0.15, 0.2) is 24.3 Å². The predicted octanol–water partition coefficient (Wildman–Crippen LogP) is 2.61. The van der Waals surface area contributed by atoms with Crippen LogP contribution in [0, 0.1) is 5.92 Å². The molecule has 198 valence electrons. The van der Waals surface area contributed by atoms with E-state index in [0.717, 1.165) is 25.9 Å². The van der Waals surface area contributed by atoms with Crippen molar-refractivity contribution in [2.45, 2.75) is 83.2 Å². The van der Waals surface area contributed by atoms with Gasteiger partial charge in [-0.05, 0) is 69.3 Å². The number of nitrogens with one attached hydrogen (secondary N) is 1. The van der Waals surface area contributed by atoms with Gasteiger partial charge in [0.05, 0.1) is 6.54 Å². The van der Waals surface area contributed by atoms with E-state index < -0.39 is 18.2 Å². The van der Waals surface area contributed by atoms with Gasteiger partial charge in [-0.3, -0.25) is 14.4 Å². The second kappa shape index (κ2) is 11.4. The second-order valence-corrected chi connectivity index (χ2v) is 10.8. The topological polar surface area (TPSA) is 88.2 Å². The maximum absolute atomic E-state index is 13.6. The Morgan fingerprint density at radius 1 is 1.14 bits per heavy atom. The van der Waals surface area contributed by atoms with Crippen molar-refractivity contribution in [1.29, 1.82) is 0 Å². The molecule has 0 aromatic heterocycles. The number of carbonyl (C=O) groups is 3. The van der Waals surface area contributed by atoms with Gasteiger partial charge >= 0.3 is 0 Å². The molecule has 0 spiro atoms. The minimum Gasteiger partial charge on any atom is -0.377 e. The van der Waals surface area contributed by atoms with E-state index in [9.17, 15) is 14.4 Å². The van der Waals surface area contributed by atoms with Crippen molar-refractivity contribution in [2.24, 2.45) is 5.92 Å². The van der Waals surface area contributed by atoms with Crippen LogP contribution in [-0.4, -0.2) is 91.1 Å². The first-order chi connectivity index (χ1) is 17.2. The molecular formula is C28H41N3O5. The molecule has 5 atom stereocenters. The molecule has 3 saturated heterocycles. The van der Waals surface area contributed by atoms with Crippen LogP contribution in [0.1, 0.15) is 68.8 Å². The number of piperidine rings is 1. The van der Waals surface area contributed by atoms with Crippen LogP contribution in [0.3, 0.4) is 0 Å². The smallest absolute Gasteiger partial charge is 0.251 e. The number of ether oxygens (including phenoxy) is 2. The number of nitrogens with zero attached hydrogens (tertiary/aromatic N) is 2. The second-order valence-electron chi connectivity index (χ2n) is 10.8. The van der Waals surface area contributed by atoms with Crippen molar-refractivity contribution >= 4 is 17.6 Å². The number of fused-ring (bicyclic) bond motifs is 1. The zero-order chi connectivity index (χ0) is 26.0. The summed E-state index contributed by atoms with van der Waals surface area (Å²) in [5, 5.41) is 2.98. The molecule has 0 saturated carbocycles. The van der Waals surface area contributed by atoms with Crippen LogP contribution in [-0.2, 0) is 19.1 Å². The first-order valence-electron chi connectivity index (χ1n) is 13.4. The Morgan fingerprint density at radius 2 is 1.81 bits per heavy atom. The normalized spacial score (nSPS) is 26.8. The first-order valence-corrected chi connectivity index (χ1v) is 13.4. The van der Waals surface area contributed by atoms with E-state index in [0.29, 0.717) is 23.9 Å². The molecule has 36 heavy (non-hydrogen) atoms. The van der Waals surface area contributed by atoms with Gasteiger partial charge in [0.1, 0.15) is 30.9 Å². The number of likely N-dealkylation sites (tertiary alicyclic amines) is 2. The molecule has 4 rings (SSSR count). The van der Waals surface area contributed by atoms with Crippen molar-refractivity contribution in [3.05, 3.63) is 35.4 Å². The summed E-state index contributed by atoms with van der Waals surface area (Å²) < 4.78 is 11.1. The zero-order valence-electron chi connectivity index (χ0n) is 22.2. The predicted molar refractivity (Wildman–Crippen MR) is 137 cm³/mol. The van der Waals surface area contributed by atoms with Crippen molar-refractivity contribution in [3.63, 3.8) is 0 Å². The number of rotatable bonds is 8. The summed E-state index contributed by atoms with van der Waals surface area (Å²) in [6, 6.07) is 7.02. The number of hydrogen-bond donors (Lipinski definition) is 1. The van der Waals surface area contributed by atoms with Gasteiger partial charge in [0.25, 0.3) is 5.91 Å². The van der Waals surface area contributed by atoms with E-state index in [1.807, 2.05) is 38.1 Å². The van der Waals surface area contributed by atoms with Crippen LogP contribution in [0.2, 0.25) is 0 Å². The number of methoxy groups -OCH3 is 1. The molecule has 1 aromatic carbocycles. The van der Waals surface area contributed by atoms with Gasteiger partial charge in [0.15, 0.2) is 5.78 Å². The molecule has 0 radical (unpaired) electrons. The van der Waals surface area contributed by atoms with E-state index >= 15 is 0 Å². The summed E-state index contributed by atoms with van der Waals surface area (Å²) in [7, 11) is 1.56. The molecule has 3 heterocycles. The molecule has 1 N–H and O–H groups in total. The summed E-state index contributed by atoms with van der Waals surface area (Å²) in [4.78, 5) is 43.4. The Morgan fingerprint density at radius 3 is 2.39 bits per heavy atom. The monoisotopic (exact) mass is 499 g/mol. The standard InChI is InChI=1S/C28H41N3O5/c1-6-18(4)24(28(34)31-15-23(35-5)26-25(31)22(32)16-36-26)29-27(33)21-9-7-19(8-10-21)20-11-13-30(14-12-20)17(2)3/h7-10,17-18,20,23-26H,6,11-16H2,1-5H3,(H,29,33)/t18-,23+,24-,25+,26+/m0/s1. The quantitative estimate of drug-likeness (QED) is 0.592. The fraction of sp³-hybridized carbons (Fsp3) is 0.679. The van der Waals surface area contributed by atoms with Crippen LogP contribution < -0.4 is 5.32 Å². The van der Waals surface area contributed by atoms with Crippen molar-refractivity contribution < 1.29 is 23.9 Å². The Kier molecular flexibility index (Phi) is 8.48. The molecule has 0 aliphatic carbocycles. The number of hydrogen-bond acceptors (Lipinski definition) is 6. The Balaban J connectivity index is 1.43. The zero-order valence-corrected chi connectivity index (χ0v) is 22.2. The molecule has 0 bridgehead atoms. The third kappa shape index (κ3) is 5.36. The fourth-order valence-corrected chi connectivity index (χ4v) is 5.79. The average molecular weight is 500 g/mol. The lowest BCUT2D eigenvalue weighted by molar-refractivity contribution is -0.139. The van der Waals surface area contributed by atoms with Crippen LogP contribution >= 0.6 is 0 Å². The van der Waals surface area contributed by atoms with Gasteiger partial charge in [-0.15, -0.1) is 0 Å². The average Bonchev–Trinajstić information content (AvgIpc) is 3.46. The third-order valence-corrected chi connectivity index (χ3v) is 8.39. The number of ketones is 1. The lowest BCUT2D eigenvalue weighted by Crippen LogP contribution is -2.54. The maximum Gasteiger partial charge on any atom is 0.251 e. The Labute approximate surface area is 214 Å². The fourth-order valence-electron chi connectivity index (χ4n) is 5.79. The highest BCUT2D eigenvalue weighted by molar-refractivity contribution is 5.99. The van der Waals surface area contributed by atoms with E-state index in [1.165, 1.54) is 5.56 Å². The maximum atomic E-state index is 13.6. The molecule has 2 amide bonds. The van der Waals surface area contributed by atoms with E-state index in [-0.39, 0.29) is 42.8 Å². The number of carbonyl (C=O) groups excluding carboxylic acids is 3. The number of amides is 2. The summed E-state index contributed by atoms with van der Waals surface area (Å²) in [6.45, 7) is 10.9. The SMILES string of the molecule is CC[C@H](C)[C@H](NC(=O)c1ccc(C2CCN(C(C)C)CC2)cc1)C(=O)N1C[C@@H](OC)[C@H]2OCC(=O)[C@H]21. The summed E-state index contributed by atoms with van der Waals surface area (Å²) in [6.07, 6.45) is 2.16. The Bertz CT molecular complexity index is 941. The molecule has 3 aliphatic heterocycles. The molecule has 8 heteroatoms. The van der Waals surface area contributed by atoms with Gasteiger partial charge in [-0.25, -0.2) is 0 Å². The van der Waals surface area contributed by atoms with Gasteiger partial charge in [-0.2, -0.15) is 0 Å². The number of Topliss-reactive ketones (excluding diaryl/α,β-unsaturated/α-hetero) is 1. The van der Waals surface area contributed by atoms with E-state index in [2.05, 4.69) is 24.1 Å². The Hall–Kier alpha value is -2.29. The largest absolute Gasteiger partial charge is 0.377 e. The van der Waals surface area contributed by atoms with Crippen molar-refractivity contribution in [2.75, 3.05) is 33.4 Å². The summed E-state index contributed by atoms with van der Waals surface area (Å²) >= 11 is 0. The molecular weight excluding hydrogens is 458 g/mol. The van der Waals surface area contributed by atoms with Crippen molar-refractivity contribution in [1.82, 2.24) is 15.1 Å². The lowest BCUT2D eigenvalue weighted by atomic mass is 9.88. The highest BCUT2D eigenvalue weighted by Crippen LogP contribution is 2.31. The van der Waals surface area contributed by atoms with Crippen LogP contribution in [0.4, 0.5) is 0 Å².